The number of aromatic nitrogens is 2. The van der Waals surface area contributed by atoms with Crippen molar-refractivity contribution >= 4 is 34.4 Å². The first-order chi connectivity index (χ1) is 14.7. The van der Waals surface area contributed by atoms with E-state index in [-0.39, 0.29) is 0 Å². The van der Waals surface area contributed by atoms with E-state index < -0.39 is 0 Å². The Morgan fingerprint density at radius 3 is 1.90 bits per heavy atom. The van der Waals surface area contributed by atoms with Crippen LogP contribution in [-0.2, 0) is 0 Å². The van der Waals surface area contributed by atoms with Crippen LogP contribution < -0.4 is 26.2 Å². The first kappa shape index (κ1) is 19.1. The lowest BCUT2D eigenvalue weighted by molar-refractivity contribution is 0.415. The normalized spacial score (nSPS) is 10.3. The van der Waals surface area contributed by atoms with E-state index in [0.717, 1.165) is 22.8 Å². The zero-order valence-electron chi connectivity index (χ0n) is 16.5. The van der Waals surface area contributed by atoms with Gasteiger partial charge in [0.1, 0.15) is 17.8 Å². The lowest BCUT2D eigenvalue weighted by atomic mass is 10.2. The maximum absolute atomic E-state index is 6.39. The minimum Gasteiger partial charge on any atom is -0.497 e. The smallest absolute Gasteiger partial charge is 0.173 e. The lowest BCUT2D eigenvalue weighted by Gasteiger charge is -2.26. The van der Waals surface area contributed by atoms with Crippen LogP contribution >= 0.6 is 0 Å². The molecule has 4 rings (SSSR count). The molecular formula is C23H22N6O. The molecule has 0 bridgehead atoms. The number of nitrogens with one attached hydrogen (secondary N) is 2. The summed E-state index contributed by atoms with van der Waals surface area (Å²) in [4.78, 5) is 8.64. The maximum atomic E-state index is 6.39. The molecule has 0 saturated carbocycles. The Balaban J connectivity index is 1.63. The van der Waals surface area contributed by atoms with Crippen molar-refractivity contribution in [3.63, 3.8) is 0 Å². The minimum atomic E-state index is 0.408. The van der Waals surface area contributed by atoms with Crippen LogP contribution in [0.5, 0.6) is 5.75 Å². The van der Waals surface area contributed by atoms with Gasteiger partial charge in [-0.2, -0.15) is 0 Å². The number of para-hydroxylation sites is 2. The van der Waals surface area contributed by atoms with Gasteiger partial charge in [0.05, 0.1) is 18.5 Å². The molecule has 4 aromatic rings. The zero-order valence-corrected chi connectivity index (χ0v) is 16.5. The quantitative estimate of drug-likeness (QED) is 0.379. The molecule has 0 fully saturated rings. The molecular weight excluding hydrogens is 376 g/mol. The molecule has 0 saturated heterocycles. The van der Waals surface area contributed by atoms with Gasteiger partial charge >= 0.3 is 0 Å². The molecule has 30 heavy (non-hydrogen) atoms. The van der Waals surface area contributed by atoms with E-state index in [1.54, 1.807) is 7.11 Å². The van der Waals surface area contributed by atoms with Crippen LogP contribution in [0.4, 0.5) is 34.4 Å². The van der Waals surface area contributed by atoms with Crippen molar-refractivity contribution in [1.82, 2.24) is 9.97 Å². The van der Waals surface area contributed by atoms with Crippen LogP contribution in [0.25, 0.3) is 0 Å². The van der Waals surface area contributed by atoms with Gasteiger partial charge in [0, 0.05) is 5.69 Å². The van der Waals surface area contributed by atoms with Crippen molar-refractivity contribution in [2.24, 2.45) is 0 Å². The second-order valence-corrected chi connectivity index (χ2v) is 6.46. The third-order valence-corrected chi connectivity index (χ3v) is 4.48. The number of rotatable bonds is 7. The Labute approximate surface area is 175 Å². The van der Waals surface area contributed by atoms with E-state index in [1.165, 1.54) is 6.33 Å². The number of nitrogen functional groups attached to an aromatic ring is 1. The van der Waals surface area contributed by atoms with E-state index in [0.29, 0.717) is 17.3 Å². The van der Waals surface area contributed by atoms with Crippen molar-refractivity contribution in [2.45, 2.75) is 0 Å². The lowest BCUT2D eigenvalue weighted by Crippen LogP contribution is -2.26. The summed E-state index contributed by atoms with van der Waals surface area (Å²) in [5, 5.41) is 5.15. The average molecular weight is 398 g/mol. The Kier molecular flexibility index (Phi) is 5.61. The molecule has 3 aromatic carbocycles. The summed E-state index contributed by atoms with van der Waals surface area (Å²) in [6.45, 7) is 0. The number of hydrogen-bond acceptors (Lipinski definition) is 7. The number of methoxy groups -OCH3 is 1. The molecule has 7 heteroatoms. The van der Waals surface area contributed by atoms with Crippen LogP contribution in [0.1, 0.15) is 0 Å². The second kappa shape index (κ2) is 8.83. The first-order valence-electron chi connectivity index (χ1n) is 9.43. The predicted octanol–water partition coefficient (Wildman–Crippen LogP) is 4.98. The highest BCUT2D eigenvalue weighted by Crippen LogP contribution is 2.30. The van der Waals surface area contributed by atoms with Gasteiger partial charge in [-0.1, -0.05) is 36.4 Å². The van der Waals surface area contributed by atoms with E-state index in [1.807, 2.05) is 89.9 Å². The van der Waals surface area contributed by atoms with Crippen LogP contribution in [0.2, 0.25) is 0 Å². The molecule has 0 aliphatic carbocycles. The van der Waals surface area contributed by atoms with Gasteiger partial charge in [0.15, 0.2) is 11.6 Å². The molecule has 0 amide bonds. The Bertz CT molecular complexity index is 1050. The second-order valence-electron chi connectivity index (χ2n) is 6.46. The molecule has 0 aliphatic heterocycles. The van der Waals surface area contributed by atoms with Crippen LogP contribution in [0, 0.1) is 0 Å². The van der Waals surface area contributed by atoms with Gasteiger partial charge in [-0.05, 0) is 48.5 Å². The zero-order chi connectivity index (χ0) is 20.8. The number of nitrogens with two attached hydrogens (primary N) is 1. The molecule has 0 unspecified atom stereocenters. The fourth-order valence-corrected chi connectivity index (χ4v) is 2.93. The van der Waals surface area contributed by atoms with E-state index in [2.05, 4.69) is 20.7 Å². The molecule has 0 spiro atoms. The highest BCUT2D eigenvalue weighted by Gasteiger charge is 2.14. The molecule has 0 atom stereocenters. The molecule has 1 aromatic heterocycles. The Morgan fingerprint density at radius 2 is 1.33 bits per heavy atom. The summed E-state index contributed by atoms with van der Waals surface area (Å²) in [5.74, 6) is 1.78. The van der Waals surface area contributed by atoms with Crippen molar-refractivity contribution in [3.05, 3.63) is 91.3 Å². The molecule has 0 radical (unpaired) electrons. The van der Waals surface area contributed by atoms with Gasteiger partial charge in [0.25, 0.3) is 0 Å². The molecule has 0 aliphatic rings. The highest BCUT2D eigenvalue weighted by atomic mass is 16.5. The summed E-state index contributed by atoms with van der Waals surface area (Å²) < 4.78 is 5.20. The van der Waals surface area contributed by atoms with Crippen LogP contribution in [0.3, 0.4) is 0 Å². The largest absolute Gasteiger partial charge is 0.497 e. The van der Waals surface area contributed by atoms with Gasteiger partial charge < -0.3 is 15.8 Å². The van der Waals surface area contributed by atoms with Crippen LogP contribution in [-0.4, -0.2) is 17.1 Å². The van der Waals surface area contributed by atoms with Crippen LogP contribution in [0.15, 0.2) is 91.3 Å². The van der Waals surface area contributed by atoms with E-state index >= 15 is 0 Å². The molecule has 4 N–H and O–H groups in total. The van der Waals surface area contributed by atoms with Gasteiger partial charge in [-0.25, -0.2) is 9.97 Å². The number of benzene rings is 3. The van der Waals surface area contributed by atoms with Gasteiger partial charge in [0.2, 0.25) is 0 Å². The number of hydrogen-bond donors (Lipinski definition) is 3. The van der Waals surface area contributed by atoms with Gasteiger partial charge in [-0.15, -0.1) is 0 Å². The number of hydrazine groups is 1. The molecule has 7 nitrogen and oxygen atoms in total. The Hall–Kier alpha value is -4.26. The summed E-state index contributed by atoms with van der Waals surface area (Å²) in [6.07, 6.45) is 1.47. The van der Waals surface area contributed by atoms with E-state index in [9.17, 15) is 0 Å². The summed E-state index contributed by atoms with van der Waals surface area (Å²) in [5.41, 5.74) is 12.9. The Morgan fingerprint density at radius 1 is 0.767 bits per heavy atom. The van der Waals surface area contributed by atoms with Crippen molar-refractivity contribution in [1.29, 1.82) is 0 Å². The average Bonchev–Trinajstić information content (AvgIpc) is 2.81. The SMILES string of the molecule is COc1ccc(Nc2ncnc(NN(c3ccccc3)c3ccccc3)c2N)cc1. The predicted molar refractivity (Wildman–Crippen MR) is 121 cm³/mol. The minimum absolute atomic E-state index is 0.408. The van der Waals surface area contributed by atoms with Crippen molar-refractivity contribution < 1.29 is 4.74 Å². The van der Waals surface area contributed by atoms with E-state index in [4.69, 9.17) is 10.5 Å². The number of anilines is 6. The standard InChI is InChI=1S/C23H22N6O/c1-30-20-14-12-17(13-15-20)27-22-21(24)23(26-16-25-22)28-29(18-8-4-2-5-9-18)19-10-6-3-7-11-19/h2-16H,24H2,1H3,(H2,25,26,27,28). The molecule has 150 valence electrons. The third-order valence-electron chi connectivity index (χ3n) is 4.48. The third kappa shape index (κ3) is 4.25. The van der Waals surface area contributed by atoms with Crippen molar-refractivity contribution in [3.8, 4) is 5.75 Å². The monoisotopic (exact) mass is 398 g/mol. The van der Waals surface area contributed by atoms with Crippen molar-refractivity contribution in [2.75, 3.05) is 28.6 Å². The topological polar surface area (TPSA) is 88.3 Å². The first-order valence-corrected chi connectivity index (χ1v) is 9.43. The number of ether oxygens (including phenoxy) is 1. The van der Waals surface area contributed by atoms with Gasteiger partial charge in [-0.3, -0.25) is 10.4 Å². The maximum Gasteiger partial charge on any atom is 0.173 e. The number of nitrogens with zero attached hydrogens (tertiary/aromatic N) is 3. The summed E-state index contributed by atoms with van der Waals surface area (Å²) in [6, 6.07) is 27.4. The summed E-state index contributed by atoms with van der Waals surface area (Å²) in [7, 11) is 1.63. The fraction of sp³-hybridized carbons (Fsp3) is 0.0435. The highest BCUT2D eigenvalue weighted by molar-refractivity contribution is 5.80. The fourth-order valence-electron chi connectivity index (χ4n) is 2.93. The summed E-state index contributed by atoms with van der Waals surface area (Å²) >= 11 is 0. The molecule has 1 heterocycles.